The number of aromatic nitrogens is 3. The Hall–Kier alpha value is -2.25. The van der Waals surface area contributed by atoms with Crippen molar-refractivity contribution in [2.45, 2.75) is 38.8 Å². The summed E-state index contributed by atoms with van der Waals surface area (Å²) in [6.45, 7) is 6.55. The predicted octanol–water partition coefficient (Wildman–Crippen LogP) is 1.71. The Balaban J connectivity index is 1.66. The Labute approximate surface area is 154 Å². The normalized spacial score (nSPS) is 16.4. The first-order valence-corrected chi connectivity index (χ1v) is 9.25. The molecule has 1 aliphatic heterocycles. The summed E-state index contributed by atoms with van der Waals surface area (Å²) in [7, 11) is 0. The third kappa shape index (κ3) is 4.28. The van der Waals surface area contributed by atoms with Gasteiger partial charge in [0, 0.05) is 6.54 Å². The molecule has 0 bridgehead atoms. The van der Waals surface area contributed by atoms with Crippen LogP contribution in [0.1, 0.15) is 53.5 Å². The van der Waals surface area contributed by atoms with Crippen LogP contribution in [0.2, 0.25) is 0 Å². The van der Waals surface area contributed by atoms with E-state index in [0.717, 1.165) is 37.1 Å². The fourth-order valence-electron chi connectivity index (χ4n) is 3.24. The van der Waals surface area contributed by atoms with Crippen molar-refractivity contribution in [1.82, 2.24) is 25.2 Å². The van der Waals surface area contributed by atoms with Gasteiger partial charge in [-0.2, -0.15) is 0 Å². The number of nitrogens with zero attached hydrogens (tertiary/aromatic N) is 4. The molecule has 0 radical (unpaired) electrons. The van der Waals surface area contributed by atoms with Crippen LogP contribution in [-0.2, 0) is 0 Å². The van der Waals surface area contributed by atoms with E-state index >= 15 is 0 Å². The van der Waals surface area contributed by atoms with E-state index in [9.17, 15) is 9.90 Å². The van der Waals surface area contributed by atoms with E-state index in [4.69, 9.17) is 0 Å². The summed E-state index contributed by atoms with van der Waals surface area (Å²) >= 11 is 0. The van der Waals surface area contributed by atoms with Crippen LogP contribution in [0.3, 0.4) is 0 Å². The first kappa shape index (κ1) is 18.5. The molecule has 0 unspecified atom stereocenters. The van der Waals surface area contributed by atoms with Crippen LogP contribution in [0.15, 0.2) is 30.5 Å². The van der Waals surface area contributed by atoms with Gasteiger partial charge in [-0.3, -0.25) is 4.79 Å². The fourth-order valence-corrected chi connectivity index (χ4v) is 3.24. The van der Waals surface area contributed by atoms with Crippen LogP contribution in [0, 0.1) is 6.92 Å². The number of hydrogen-bond donors (Lipinski definition) is 2. The molecule has 3 rings (SSSR count). The lowest BCUT2D eigenvalue weighted by atomic mass is 10.1. The molecular weight excluding hydrogens is 330 g/mol. The third-order valence-corrected chi connectivity index (χ3v) is 4.94. The summed E-state index contributed by atoms with van der Waals surface area (Å²) in [5.74, 6) is -0.196. The number of carbonyl (C=O) groups excluding carboxylic acids is 1. The van der Waals surface area contributed by atoms with E-state index in [1.165, 1.54) is 0 Å². The summed E-state index contributed by atoms with van der Waals surface area (Å²) in [6, 6.07) is 8.00. The number of rotatable bonds is 6. The number of hydrogen-bond acceptors (Lipinski definition) is 5. The minimum Gasteiger partial charge on any atom is -0.387 e. The number of aryl methyl sites for hydroxylation is 1. The van der Waals surface area contributed by atoms with E-state index in [0.29, 0.717) is 18.3 Å². The molecule has 26 heavy (non-hydrogen) atoms. The second kappa shape index (κ2) is 8.42. The molecule has 1 atom stereocenters. The maximum absolute atomic E-state index is 12.8. The summed E-state index contributed by atoms with van der Waals surface area (Å²) in [6.07, 6.45) is 2.99. The van der Waals surface area contributed by atoms with Crippen molar-refractivity contribution in [2.75, 3.05) is 26.2 Å². The molecule has 1 saturated heterocycles. The van der Waals surface area contributed by atoms with Gasteiger partial charge in [0.2, 0.25) is 0 Å². The lowest BCUT2D eigenvalue weighted by Gasteiger charge is -2.23. The van der Waals surface area contributed by atoms with Crippen molar-refractivity contribution in [3.8, 4) is 0 Å². The quantitative estimate of drug-likeness (QED) is 0.822. The molecule has 2 heterocycles. The van der Waals surface area contributed by atoms with Crippen molar-refractivity contribution in [3.05, 3.63) is 47.3 Å². The molecule has 0 saturated carbocycles. The van der Waals surface area contributed by atoms with Crippen LogP contribution in [0.4, 0.5) is 0 Å². The van der Waals surface area contributed by atoms with Crippen LogP contribution < -0.4 is 5.32 Å². The summed E-state index contributed by atoms with van der Waals surface area (Å²) in [4.78, 5) is 14.4. The monoisotopic (exact) mass is 357 g/mol. The van der Waals surface area contributed by atoms with Crippen LogP contribution in [0.25, 0.3) is 0 Å². The number of aliphatic hydroxyl groups is 1. The van der Waals surface area contributed by atoms with Gasteiger partial charge in [0.05, 0.1) is 24.9 Å². The second-order valence-corrected chi connectivity index (χ2v) is 6.84. The predicted molar refractivity (Wildman–Crippen MR) is 98.9 cm³/mol. The summed E-state index contributed by atoms with van der Waals surface area (Å²) in [5, 5.41) is 22.0. The second-order valence-electron chi connectivity index (χ2n) is 6.84. The molecule has 0 spiro atoms. The first-order valence-electron chi connectivity index (χ1n) is 9.25. The molecule has 7 nitrogen and oxygen atoms in total. The highest BCUT2D eigenvalue weighted by molar-refractivity contribution is 5.91. The average Bonchev–Trinajstić information content (AvgIpc) is 3.17. The molecule has 1 aromatic heterocycles. The van der Waals surface area contributed by atoms with Crippen molar-refractivity contribution in [1.29, 1.82) is 0 Å². The Morgan fingerprint density at radius 2 is 2.04 bits per heavy atom. The van der Waals surface area contributed by atoms with Gasteiger partial charge in [-0.05, 0) is 45.3 Å². The van der Waals surface area contributed by atoms with Crippen LogP contribution in [0.5, 0.6) is 0 Å². The van der Waals surface area contributed by atoms with Crippen LogP contribution >= 0.6 is 0 Å². The molecular formula is C19H27N5O2. The minimum absolute atomic E-state index is 0.196. The molecule has 1 amide bonds. The summed E-state index contributed by atoms with van der Waals surface area (Å²) in [5.41, 5.74) is 2.28. The lowest BCUT2D eigenvalue weighted by Crippen LogP contribution is -2.35. The highest BCUT2D eigenvalue weighted by atomic mass is 16.3. The number of aliphatic hydroxyl groups excluding tert-OH is 1. The maximum Gasteiger partial charge on any atom is 0.276 e. The molecule has 1 aliphatic rings. The lowest BCUT2D eigenvalue weighted by molar-refractivity contribution is 0.0629. The van der Waals surface area contributed by atoms with Crippen molar-refractivity contribution in [3.63, 3.8) is 0 Å². The average molecular weight is 357 g/mol. The van der Waals surface area contributed by atoms with E-state index in [-0.39, 0.29) is 12.5 Å². The summed E-state index contributed by atoms with van der Waals surface area (Å²) < 4.78 is 1.80. The SMILES string of the molecule is CCN(C[C@@H](O)c1ccc(C)cc1)C(=O)c1cn(C2CCNCC2)nn1. The number of likely N-dealkylation sites (N-methyl/N-ethyl adjacent to an activating group) is 1. The van der Waals surface area contributed by atoms with Gasteiger partial charge in [0.1, 0.15) is 0 Å². The topological polar surface area (TPSA) is 83.3 Å². The Kier molecular flexibility index (Phi) is 6.00. The van der Waals surface area contributed by atoms with Gasteiger partial charge in [0.25, 0.3) is 5.91 Å². The number of piperidine rings is 1. The molecule has 1 aromatic carbocycles. The van der Waals surface area contributed by atoms with E-state index < -0.39 is 6.10 Å². The zero-order chi connectivity index (χ0) is 18.5. The fraction of sp³-hybridized carbons (Fsp3) is 0.526. The molecule has 7 heteroatoms. The largest absolute Gasteiger partial charge is 0.387 e. The minimum atomic E-state index is -0.723. The Bertz CT molecular complexity index is 722. The number of amides is 1. The van der Waals surface area contributed by atoms with Gasteiger partial charge >= 0.3 is 0 Å². The van der Waals surface area contributed by atoms with Crippen molar-refractivity contribution < 1.29 is 9.90 Å². The molecule has 0 aliphatic carbocycles. The Morgan fingerprint density at radius 3 is 2.69 bits per heavy atom. The smallest absolute Gasteiger partial charge is 0.276 e. The van der Waals surface area contributed by atoms with E-state index in [2.05, 4.69) is 15.6 Å². The highest BCUT2D eigenvalue weighted by Gasteiger charge is 2.23. The van der Waals surface area contributed by atoms with Crippen molar-refractivity contribution >= 4 is 5.91 Å². The van der Waals surface area contributed by atoms with Gasteiger partial charge in [0.15, 0.2) is 5.69 Å². The van der Waals surface area contributed by atoms with Gasteiger partial charge < -0.3 is 15.3 Å². The number of nitrogens with one attached hydrogen (secondary N) is 1. The molecule has 2 N–H and O–H groups in total. The van der Waals surface area contributed by atoms with Gasteiger partial charge in [-0.1, -0.05) is 35.0 Å². The maximum atomic E-state index is 12.8. The first-order chi connectivity index (χ1) is 12.6. The van der Waals surface area contributed by atoms with E-state index in [1.807, 2.05) is 38.1 Å². The molecule has 2 aromatic rings. The zero-order valence-corrected chi connectivity index (χ0v) is 15.4. The van der Waals surface area contributed by atoms with Crippen LogP contribution in [-0.4, -0.2) is 57.1 Å². The van der Waals surface area contributed by atoms with Gasteiger partial charge in [-0.15, -0.1) is 5.10 Å². The highest BCUT2D eigenvalue weighted by Crippen LogP contribution is 2.19. The zero-order valence-electron chi connectivity index (χ0n) is 15.4. The van der Waals surface area contributed by atoms with Crippen molar-refractivity contribution in [2.24, 2.45) is 0 Å². The Morgan fingerprint density at radius 1 is 1.35 bits per heavy atom. The standard InChI is InChI=1S/C19H27N5O2/c1-3-23(13-18(25)15-6-4-14(2)5-7-15)19(26)17-12-24(22-21-17)16-8-10-20-11-9-16/h4-7,12,16,18,20,25H,3,8-11,13H2,1-2H3/t18-/m1/s1. The molecule has 1 fully saturated rings. The van der Waals surface area contributed by atoms with Gasteiger partial charge in [-0.25, -0.2) is 4.68 Å². The van der Waals surface area contributed by atoms with E-state index in [1.54, 1.807) is 15.8 Å². The number of benzene rings is 1. The third-order valence-electron chi connectivity index (χ3n) is 4.94. The number of carbonyl (C=O) groups is 1. The molecule has 140 valence electrons.